The zero-order valence-corrected chi connectivity index (χ0v) is 12.3. The van der Waals surface area contributed by atoms with Gasteiger partial charge in [-0.1, -0.05) is 6.07 Å². The van der Waals surface area contributed by atoms with Crippen LogP contribution in [0, 0.1) is 6.92 Å². The van der Waals surface area contributed by atoms with E-state index in [2.05, 4.69) is 56.6 Å². The molecule has 1 unspecified atom stereocenters. The number of piperazine rings is 1. The van der Waals surface area contributed by atoms with Crippen molar-refractivity contribution in [2.45, 2.75) is 13.0 Å². The third-order valence-electron chi connectivity index (χ3n) is 3.14. The van der Waals surface area contributed by atoms with E-state index >= 15 is 0 Å². The van der Waals surface area contributed by atoms with Crippen molar-refractivity contribution in [1.82, 2.24) is 10.6 Å². The summed E-state index contributed by atoms with van der Waals surface area (Å²) >= 11 is 3.59. The largest absolute Gasteiger partial charge is 0.356 e. The van der Waals surface area contributed by atoms with Gasteiger partial charge in [0.25, 0.3) is 0 Å². The molecule has 1 aliphatic rings. The molecule has 0 aliphatic carbocycles. The molecule has 1 aromatic carbocycles. The Morgan fingerprint density at radius 1 is 1.56 bits per heavy atom. The molecular weight excluding hydrogens is 294 g/mol. The fraction of sp³-hybridized carbons (Fsp3) is 0.462. The maximum atomic E-state index is 11.9. The Hall–Kier alpha value is -1.07. The summed E-state index contributed by atoms with van der Waals surface area (Å²) in [4.78, 5) is 14.1. The lowest BCUT2D eigenvalue weighted by Crippen LogP contribution is -2.58. The standard InChI is InChI=1S/C13H18BrN3O/c1-9-3-4-11(10(14)7-9)17-6-5-16-13(18)12(17)8-15-2/h3-4,7,12,15H,5-6,8H2,1-2H3,(H,16,18). The first-order valence-electron chi connectivity index (χ1n) is 6.08. The highest BCUT2D eigenvalue weighted by molar-refractivity contribution is 9.10. The van der Waals surface area contributed by atoms with Crippen LogP contribution in [-0.4, -0.2) is 38.6 Å². The minimum Gasteiger partial charge on any atom is -0.356 e. The van der Waals surface area contributed by atoms with Crippen LogP contribution < -0.4 is 15.5 Å². The summed E-state index contributed by atoms with van der Waals surface area (Å²) in [6.45, 7) is 4.23. The van der Waals surface area contributed by atoms with Gasteiger partial charge >= 0.3 is 0 Å². The molecule has 0 saturated carbocycles. The number of amides is 1. The van der Waals surface area contributed by atoms with Crippen LogP contribution in [0.1, 0.15) is 5.56 Å². The number of halogens is 1. The summed E-state index contributed by atoms with van der Waals surface area (Å²) in [6, 6.07) is 6.07. The van der Waals surface area contributed by atoms with Crippen LogP contribution in [0.2, 0.25) is 0 Å². The van der Waals surface area contributed by atoms with Gasteiger partial charge in [0.15, 0.2) is 0 Å². The lowest BCUT2D eigenvalue weighted by molar-refractivity contribution is -0.123. The molecule has 1 aromatic rings. The Bertz CT molecular complexity index is 450. The van der Waals surface area contributed by atoms with E-state index in [4.69, 9.17) is 0 Å². The molecule has 1 fully saturated rings. The topological polar surface area (TPSA) is 44.4 Å². The van der Waals surface area contributed by atoms with Crippen molar-refractivity contribution in [3.8, 4) is 0 Å². The smallest absolute Gasteiger partial charge is 0.244 e. The molecule has 0 aromatic heterocycles. The van der Waals surface area contributed by atoms with Gasteiger partial charge < -0.3 is 15.5 Å². The molecule has 18 heavy (non-hydrogen) atoms. The number of benzene rings is 1. The highest BCUT2D eigenvalue weighted by atomic mass is 79.9. The predicted molar refractivity (Wildman–Crippen MR) is 76.9 cm³/mol. The summed E-state index contributed by atoms with van der Waals surface area (Å²) in [6.07, 6.45) is 0. The van der Waals surface area contributed by atoms with Gasteiger partial charge in [-0.05, 0) is 47.6 Å². The Kier molecular flexibility index (Phi) is 4.24. The molecule has 4 nitrogen and oxygen atoms in total. The normalized spacial score (nSPS) is 19.8. The second kappa shape index (κ2) is 5.71. The van der Waals surface area contributed by atoms with E-state index in [1.807, 2.05) is 7.05 Å². The highest BCUT2D eigenvalue weighted by Gasteiger charge is 2.30. The second-order valence-corrected chi connectivity index (χ2v) is 5.37. The van der Waals surface area contributed by atoms with Crippen LogP contribution in [-0.2, 0) is 4.79 Å². The molecule has 5 heteroatoms. The van der Waals surface area contributed by atoms with Gasteiger partial charge in [-0.3, -0.25) is 4.79 Å². The van der Waals surface area contributed by atoms with Gasteiger partial charge in [0.05, 0.1) is 5.69 Å². The third kappa shape index (κ3) is 2.67. The molecule has 1 heterocycles. The van der Waals surface area contributed by atoms with Gasteiger partial charge in [-0.2, -0.15) is 0 Å². The van der Waals surface area contributed by atoms with Crippen LogP contribution in [0.15, 0.2) is 22.7 Å². The van der Waals surface area contributed by atoms with Crippen molar-refractivity contribution < 1.29 is 4.79 Å². The fourth-order valence-corrected chi connectivity index (χ4v) is 2.97. The molecule has 2 rings (SSSR count). The fourth-order valence-electron chi connectivity index (χ4n) is 2.24. The van der Waals surface area contributed by atoms with Crippen LogP contribution in [0.5, 0.6) is 0 Å². The molecule has 0 bridgehead atoms. The first kappa shape index (κ1) is 13.4. The number of likely N-dealkylation sites (N-methyl/N-ethyl adjacent to an activating group) is 1. The summed E-state index contributed by atoms with van der Waals surface area (Å²) in [5, 5.41) is 5.99. The van der Waals surface area contributed by atoms with Gasteiger partial charge in [-0.15, -0.1) is 0 Å². The molecule has 1 amide bonds. The Labute approximate surface area is 116 Å². The molecule has 0 spiro atoms. The Morgan fingerprint density at radius 3 is 3.00 bits per heavy atom. The lowest BCUT2D eigenvalue weighted by atomic mass is 10.1. The molecule has 0 radical (unpaired) electrons. The van der Waals surface area contributed by atoms with E-state index in [9.17, 15) is 4.79 Å². The number of nitrogens with one attached hydrogen (secondary N) is 2. The maximum absolute atomic E-state index is 11.9. The summed E-state index contributed by atoms with van der Waals surface area (Å²) in [7, 11) is 1.87. The van der Waals surface area contributed by atoms with Gasteiger partial charge in [-0.25, -0.2) is 0 Å². The number of hydrogen-bond acceptors (Lipinski definition) is 3. The minimum atomic E-state index is -0.150. The van der Waals surface area contributed by atoms with Crippen molar-refractivity contribution in [1.29, 1.82) is 0 Å². The number of hydrogen-bond donors (Lipinski definition) is 2. The van der Waals surface area contributed by atoms with Crippen LogP contribution in [0.4, 0.5) is 5.69 Å². The molecule has 2 N–H and O–H groups in total. The van der Waals surface area contributed by atoms with Crippen LogP contribution in [0.25, 0.3) is 0 Å². The van der Waals surface area contributed by atoms with Gasteiger partial charge in [0.1, 0.15) is 6.04 Å². The van der Waals surface area contributed by atoms with Crippen molar-refractivity contribution in [3.05, 3.63) is 28.2 Å². The molecular formula is C13H18BrN3O. The maximum Gasteiger partial charge on any atom is 0.244 e. The number of rotatable bonds is 3. The number of carbonyl (C=O) groups is 1. The van der Waals surface area contributed by atoms with Crippen molar-refractivity contribution in [2.75, 3.05) is 31.6 Å². The molecule has 98 valence electrons. The summed E-state index contributed by atoms with van der Waals surface area (Å²) in [5.41, 5.74) is 2.29. The highest BCUT2D eigenvalue weighted by Crippen LogP contribution is 2.29. The summed E-state index contributed by atoms with van der Waals surface area (Å²) in [5.74, 6) is 0.0862. The number of anilines is 1. The van der Waals surface area contributed by atoms with E-state index < -0.39 is 0 Å². The van der Waals surface area contributed by atoms with Crippen LogP contribution in [0.3, 0.4) is 0 Å². The van der Waals surface area contributed by atoms with E-state index in [1.165, 1.54) is 5.56 Å². The van der Waals surface area contributed by atoms with E-state index in [0.29, 0.717) is 13.1 Å². The number of nitrogens with zero attached hydrogens (tertiary/aromatic N) is 1. The summed E-state index contributed by atoms with van der Waals surface area (Å²) < 4.78 is 1.04. The molecule has 1 saturated heterocycles. The van der Waals surface area contributed by atoms with E-state index in [-0.39, 0.29) is 11.9 Å². The zero-order valence-electron chi connectivity index (χ0n) is 10.7. The van der Waals surface area contributed by atoms with Gasteiger partial charge in [0.2, 0.25) is 5.91 Å². The average Bonchev–Trinajstić information content (AvgIpc) is 2.32. The first-order valence-corrected chi connectivity index (χ1v) is 6.88. The zero-order chi connectivity index (χ0) is 13.1. The SMILES string of the molecule is CNCC1C(=O)NCCN1c1ccc(C)cc1Br. The van der Waals surface area contributed by atoms with E-state index in [0.717, 1.165) is 16.7 Å². The minimum absolute atomic E-state index is 0.0862. The molecule has 1 atom stereocenters. The van der Waals surface area contributed by atoms with Crippen molar-refractivity contribution >= 4 is 27.5 Å². The average molecular weight is 312 g/mol. The number of carbonyl (C=O) groups excluding carboxylic acids is 1. The quantitative estimate of drug-likeness (QED) is 0.884. The Balaban J connectivity index is 2.31. The predicted octanol–water partition coefficient (Wildman–Crippen LogP) is 1.28. The van der Waals surface area contributed by atoms with Crippen molar-refractivity contribution in [2.24, 2.45) is 0 Å². The Morgan fingerprint density at radius 2 is 2.33 bits per heavy atom. The van der Waals surface area contributed by atoms with Crippen molar-refractivity contribution in [3.63, 3.8) is 0 Å². The second-order valence-electron chi connectivity index (χ2n) is 4.51. The van der Waals surface area contributed by atoms with Gasteiger partial charge in [0, 0.05) is 24.1 Å². The monoisotopic (exact) mass is 311 g/mol. The third-order valence-corrected chi connectivity index (χ3v) is 3.78. The first-order chi connectivity index (χ1) is 8.63. The number of aryl methyl sites for hydroxylation is 1. The van der Waals surface area contributed by atoms with Crippen LogP contribution >= 0.6 is 15.9 Å². The lowest BCUT2D eigenvalue weighted by Gasteiger charge is -2.37. The molecule has 1 aliphatic heterocycles. The van der Waals surface area contributed by atoms with E-state index in [1.54, 1.807) is 0 Å².